The van der Waals surface area contributed by atoms with Crippen LogP contribution < -0.4 is 5.32 Å². The van der Waals surface area contributed by atoms with Crippen molar-refractivity contribution < 1.29 is 9.21 Å². The Morgan fingerprint density at radius 2 is 1.90 bits per heavy atom. The SMILES string of the molecule is O=C(NCc1ccccn1)c1cc(-c2ccccc2)nc2c1cnn2Cc1ccco1. The highest BCUT2D eigenvalue weighted by Gasteiger charge is 2.18. The van der Waals surface area contributed by atoms with Crippen molar-refractivity contribution in [1.82, 2.24) is 25.1 Å². The van der Waals surface area contributed by atoms with Gasteiger partial charge in [0.2, 0.25) is 0 Å². The van der Waals surface area contributed by atoms with Crippen LogP contribution in [0.2, 0.25) is 0 Å². The van der Waals surface area contributed by atoms with Gasteiger partial charge in [0, 0.05) is 11.8 Å². The molecular weight excluding hydrogens is 390 g/mol. The van der Waals surface area contributed by atoms with Crippen LogP contribution in [0.25, 0.3) is 22.3 Å². The van der Waals surface area contributed by atoms with Gasteiger partial charge in [-0.1, -0.05) is 36.4 Å². The van der Waals surface area contributed by atoms with Gasteiger partial charge in [0.15, 0.2) is 5.65 Å². The highest BCUT2D eigenvalue weighted by molar-refractivity contribution is 6.06. The van der Waals surface area contributed by atoms with E-state index in [4.69, 9.17) is 9.40 Å². The topological polar surface area (TPSA) is 85.8 Å². The maximum absolute atomic E-state index is 13.1. The van der Waals surface area contributed by atoms with Crippen LogP contribution in [0, 0.1) is 0 Å². The molecule has 0 aliphatic rings. The number of nitrogens with zero attached hydrogens (tertiary/aromatic N) is 4. The van der Waals surface area contributed by atoms with Gasteiger partial charge in [-0.3, -0.25) is 9.78 Å². The normalized spacial score (nSPS) is 11.0. The minimum absolute atomic E-state index is 0.201. The lowest BCUT2D eigenvalue weighted by Gasteiger charge is -2.09. The number of carbonyl (C=O) groups is 1. The fraction of sp³-hybridized carbons (Fsp3) is 0.0833. The molecule has 0 saturated heterocycles. The molecule has 0 aliphatic heterocycles. The Bertz CT molecular complexity index is 1310. The molecule has 0 saturated carbocycles. The first-order valence-corrected chi connectivity index (χ1v) is 9.90. The van der Waals surface area contributed by atoms with Gasteiger partial charge in [0.25, 0.3) is 5.91 Å². The van der Waals surface area contributed by atoms with Crippen molar-refractivity contribution in [3.8, 4) is 11.3 Å². The first-order valence-electron chi connectivity index (χ1n) is 9.90. The molecule has 7 nitrogen and oxygen atoms in total. The lowest BCUT2D eigenvalue weighted by Crippen LogP contribution is -2.23. The summed E-state index contributed by atoms with van der Waals surface area (Å²) in [6, 6.07) is 20.9. The van der Waals surface area contributed by atoms with Crippen molar-refractivity contribution >= 4 is 16.9 Å². The Hall–Kier alpha value is -4.26. The average molecular weight is 409 g/mol. The van der Waals surface area contributed by atoms with Crippen molar-refractivity contribution in [2.24, 2.45) is 0 Å². The summed E-state index contributed by atoms with van der Waals surface area (Å²) in [5.74, 6) is 0.561. The molecule has 0 unspecified atom stereocenters. The number of hydrogen-bond acceptors (Lipinski definition) is 5. The van der Waals surface area contributed by atoms with Crippen molar-refractivity contribution in [2.75, 3.05) is 0 Å². The van der Waals surface area contributed by atoms with Crippen LogP contribution in [0.5, 0.6) is 0 Å². The van der Waals surface area contributed by atoms with Crippen molar-refractivity contribution in [3.05, 3.63) is 102 Å². The van der Waals surface area contributed by atoms with Gasteiger partial charge >= 0.3 is 0 Å². The summed E-state index contributed by atoms with van der Waals surface area (Å²) in [5, 5.41) is 8.11. The summed E-state index contributed by atoms with van der Waals surface area (Å²) in [6.07, 6.45) is 5.01. The van der Waals surface area contributed by atoms with Crippen molar-refractivity contribution in [1.29, 1.82) is 0 Å². The third kappa shape index (κ3) is 3.93. The fourth-order valence-corrected chi connectivity index (χ4v) is 3.43. The molecule has 1 aromatic carbocycles. The molecule has 5 rings (SSSR count). The number of benzene rings is 1. The molecule has 4 aromatic heterocycles. The minimum atomic E-state index is -0.201. The molecule has 1 N–H and O–H groups in total. The lowest BCUT2D eigenvalue weighted by atomic mass is 10.1. The standard InChI is InChI=1S/C24H19N5O2/c30-24(26-14-18-9-4-5-11-25-18)20-13-22(17-7-2-1-3-8-17)28-23-21(20)15-27-29(23)16-19-10-6-12-31-19/h1-13,15H,14,16H2,(H,26,30). The third-order valence-electron chi connectivity index (χ3n) is 4.97. The van der Waals surface area contributed by atoms with E-state index in [0.717, 1.165) is 17.0 Å². The second kappa shape index (κ2) is 8.23. The molecule has 0 aliphatic carbocycles. The Balaban J connectivity index is 1.55. The third-order valence-corrected chi connectivity index (χ3v) is 4.97. The van der Waals surface area contributed by atoms with E-state index in [0.29, 0.717) is 35.4 Å². The summed E-state index contributed by atoms with van der Waals surface area (Å²) < 4.78 is 7.21. The number of fused-ring (bicyclic) bond motifs is 1. The number of carbonyl (C=O) groups excluding carboxylic acids is 1. The van der Waals surface area contributed by atoms with Crippen LogP contribution in [0.4, 0.5) is 0 Å². The number of rotatable bonds is 6. The molecule has 0 fully saturated rings. The number of amides is 1. The predicted octanol–water partition coefficient (Wildman–Crippen LogP) is 4.06. The average Bonchev–Trinajstić information content (AvgIpc) is 3.49. The molecule has 1 amide bonds. The summed E-state index contributed by atoms with van der Waals surface area (Å²) in [5.41, 5.74) is 3.57. The largest absolute Gasteiger partial charge is 0.467 e. The van der Waals surface area contributed by atoms with Gasteiger partial charge in [-0.05, 0) is 30.3 Å². The Labute approximate surface area is 178 Å². The van der Waals surface area contributed by atoms with Crippen LogP contribution in [-0.2, 0) is 13.1 Å². The molecule has 5 aromatic rings. The van der Waals surface area contributed by atoms with Crippen LogP contribution in [0.3, 0.4) is 0 Å². The smallest absolute Gasteiger partial charge is 0.252 e. The summed E-state index contributed by atoms with van der Waals surface area (Å²) in [7, 11) is 0. The Morgan fingerprint density at radius 1 is 1.03 bits per heavy atom. The highest BCUT2D eigenvalue weighted by atomic mass is 16.3. The summed E-state index contributed by atoms with van der Waals surface area (Å²) in [6.45, 7) is 0.765. The first kappa shape index (κ1) is 18.7. The molecule has 0 radical (unpaired) electrons. The van der Waals surface area contributed by atoms with E-state index in [1.165, 1.54) is 0 Å². The number of pyridine rings is 2. The van der Waals surface area contributed by atoms with E-state index >= 15 is 0 Å². The van der Waals surface area contributed by atoms with E-state index in [2.05, 4.69) is 15.4 Å². The van der Waals surface area contributed by atoms with E-state index < -0.39 is 0 Å². The van der Waals surface area contributed by atoms with Gasteiger partial charge in [-0.15, -0.1) is 0 Å². The molecular formula is C24H19N5O2. The number of nitrogens with one attached hydrogen (secondary N) is 1. The first-order chi connectivity index (χ1) is 15.3. The number of furan rings is 1. The van der Waals surface area contributed by atoms with Gasteiger partial charge in [0.05, 0.1) is 41.3 Å². The summed E-state index contributed by atoms with van der Waals surface area (Å²) >= 11 is 0. The van der Waals surface area contributed by atoms with Crippen LogP contribution in [0.15, 0.2) is 89.8 Å². The molecule has 4 heterocycles. The van der Waals surface area contributed by atoms with Crippen LogP contribution >= 0.6 is 0 Å². The van der Waals surface area contributed by atoms with E-state index in [-0.39, 0.29) is 5.91 Å². The van der Waals surface area contributed by atoms with Crippen LogP contribution in [-0.4, -0.2) is 25.7 Å². The van der Waals surface area contributed by atoms with Gasteiger partial charge in [0.1, 0.15) is 12.3 Å². The zero-order valence-corrected chi connectivity index (χ0v) is 16.6. The highest BCUT2D eigenvalue weighted by Crippen LogP contribution is 2.25. The molecule has 152 valence electrons. The molecule has 0 spiro atoms. The van der Waals surface area contributed by atoms with Crippen molar-refractivity contribution in [3.63, 3.8) is 0 Å². The molecule has 0 atom stereocenters. The number of aromatic nitrogens is 4. The maximum atomic E-state index is 13.1. The second-order valence-electron chi connectivity index (χ2n) is 7.04. The van der Waals surface area contributed by atoms with E-state index in [9.17, 15) is 4.79 Å². The monoisotopic (exact) mass is 409 g/mol. The maximum Gasteiger partial charge on any atom is 0.252 e. The van der Waals surface area contributed by atoms with Gasteiger partial charge in [-0.2, -0.15) is 5.10 Å². The molecule has 0 bridgehead atoms. The predicted molar refractivity (Wildman–Crippen MR) is 116 cm³/mol. The van der Waals surface area contributed by atoms with Gasteiger partial charge in [-0.25, -0.2) is 9.67 Å². The zero-order valence-electron chi connectivity index (χ0n) is 16.6. The van der Waals surface area contributed by atoms with Gasteiger partial charge < -0.3 is 9.73 Å². The molecule has 31 heavy (non-hydrogen) atoms. The van der Waals surface area contributed by atoms with E-state index in [1.807, 2.05) is 66.7 Å². The quantitative estimate of drug-likeness (QED) is 0.457. The summed E-state index contributed by atoms with van der Waals surface area (Å²) in [4.78, 5) is 22.2. The van der Waals surface area contributed by atoms with Crippen molar-refractivity contribution in [2.45, 2.75) is 13.1 Å². The van der Waals surface area contributed by atoms with Crippen LogP contribution in [0.1, 0.15) is 21.8 Å². The zero-order chi connectivity index (χ0) is 21.0. The van der Waals surface area contributed by atoms with E-state index in [1.54, 1.807) is 23.3 Å². The Morgan fingerprint density at radius 3 is 2.68 bits per heavy atom. The Kier molecular flexibility index (Phi) is 4.98. The molecule has 7 heteroatoms. The fourth-order valence-electron chi connectivity index (χ4n) is 3.43. The number of hydrogen-bond donors (Lipinski definition) is 1. The second-order valence-corrected chi connectivity index (χ2v) is 7.04. The lowest BCUT2D eigenvalue weighted by molar-refractivity contribution is 0.0952. The minimum Gasteiger partial charge on any atom is -0.467 e.